The van der Waals surface area contributed by atoms with E-state index in [1.54, 1.807) is 0 Å². The smallest absolute Gasteiger partial charge is 0.0179 e. The van der Waals surface area contributed by atoms with Crippen molar-refractivity contribution in [2.24, 2.45) is 0 Å². The lowest BCUT2D eigenvalue weighted by molar-refractivity contribution is 1.36. The van der Waals surface area contributed by atoms with Crippen molar-refractivity contribution in [1.29, 1.82) is 0 Å². The fourth-order valence-corrected chi connectivity index (χ4v) is 1.68. The average Bonchev–Trinajstić information content (AvgIpc) is 2.16. The Kier molecular flexibility index (Phi) is 4.30. The molecule has 0 nitrogen and oxygen atoms in total. The van der Waals surface area contributed by atoms with Gasteiger partial charge in [0.2, 0.25) is 0 Å². The monoisotopic (exact) mass is 212 g/mol. The first kappa shape index (κ1) is 12.5. The summed E-state index contributed by atoms with van der Waals surface area (Å²) >= 11 is 0. The molecule has 1 aromatic carbocycles. The zero-order valence-electron chi connectivity index (χ0n) is 10.7. The molecule has 1 aromatic rings. The molecule has 0 spiro atoms. The van der Waals surface area contributed by atoms with Gasteiger partial charge < -0.3 is 0 Å². The average molecular weight is 212 g/mol. The van der Waals surface area contributed by atoms with Crippen LogP contribution in [0.15, 0.2) is 48.6 Å². The van der Waals surface area contributed by atoms with Crippen LogP contribution in [0.2, 0.25) is 0 Å². The number of rotatable bonds is 3. The van der Waals surface area contributed by atoms with Gasteiger partial charge in [-0.05, 0) is 38.8 Å². The Hall–Kier alpha value is -1.56. The minimum absolute atomic E-state index is 1.17. The van der Waals surface area contributed by atoms with Gasteiger partial charge in [-0.2, -0.15) is 0 Å². The van der Waals surface area contributed by atoms with Gasteiger partial charge in [0.1, 0.15) is 0 Å². The molecule has 0 aliphatic heterocycles. The fraction of sp³-hybridized carbons (Fsp3) is 0.250. The molecule has 84 valence electrons. The molecule has 1 rings (SSSR count). The molecule has 0 N–H and O–H groups in total. The molecule has 0 fully saturated rings. The predicted molar refractivity (Wildman–Crippen MR) is 73.5 cm³/mol. The number of aryl methyl sites for hydroxylation is 2. The van der Waals surface area contributed by atoms with E-state index in [0.29, 0.717) is 0 Å². The van der Waals surface area contributed by atoms with Crippen LogP contribution in [0.25, 0.3) is 5.57 Å². The molecule has 0 aliphatic rings. The van der Waals surface area contributed by atoms with Crippen molar-refractivity contribution >= 4 is 5.57 Å². The summed E-state index contributed by atoms with van der Waals surface area (Å²) in [5, 5.41) is 0. The van der Waals surface area contributed by atoms with Gasteiger partial charge in [0, 0.05) is 0 Å². The minimum atomic E-state index is 1.17. The highest BCUT2D eigenvalue weighted by atomic mass is 14.0. The van der Waals surface area contributed by atoms with Crippen LogP contribution in [-0.4, -0.2) is 0 Å². The molecule has 0 amide bonds. The number of hydrogen-bond donors (Lipinski definition) is 0. The highest BCUT2D eigenvalue weighted by Crippen LogP contribution is 2.19. The lowest BCUT2D eigenvalue weighted by Crippen LogP contribution is -1.85. The highest BCUT2D eigenvalue weighted by Gasteiger charge is 1.98. The molecule has 0 heterocycles. The molecule has 0 unspecified atom stereocenters. The number of hydrogen-bond acceptors (Lipinski definition) is 0. The lowest BCUT2D eigenvalue weighted by atomic mass is 10.0. The summed E-state index contributed by atoms with van der Waals surface area (Å²) in [6, 6.07) is 6.57. The second kappa shape index (κ2) is 5.50. The SMILES string of the molecule is C=C/C(=C\C=C(C)C)c1cc(C)cc(C)c1. The quantitative estimate of drug-likeness (QED) is 0.629. The second-order valence-electron chi connectivity index (χ2n) is 4.45. The summed E-state index contributed by atoms with van der Waals surface area (Å²) in [6.07, 6.45) is 6.15. The van der Waals surface area contributed by atoms with E-state index in [2.05, 4.69) is 64.6 Å². The summed E-state index contributed by atoms with van der Waals surface area (Å²) in [5.41, 5.74) is 6.29. The maximum Gasteiger partial charge on any atom is -0.0179 e. The summed E-state index contributed by atoms with van der Waals surface area (Å²) in [4.78, 5) is 0. The number of allylic oxidation sites excluding steroid dienone is 5. The van der Waals surface area contributed by atoms with Gasteiger partial charge in [-0.25, -0.2) is 0 Å². The van der Waals surface area contributed by atoms with E-state index in [1.807, 2.05) is 6.08 Å². The topological polar surface area (TPSA) is 0 Å². The van der Waals surface area contributed by atoms with E-state index in [9.17, 15) is 0 Å². The van der Waals surface area contributed by atoms with Gasteiger partial charge in [-0.3, -0.25) is 0 Å². The molecule has 0 aromatic heterocycles. The molecular weight excluding hydrogens is 192 g/mol. The first-order valence-electron chi connectivity index (χ1n) is 5.59. The Morgan fingerprint density at radius 1 is 1.00 bits per heavy atom. The van der Waals surface area contributed by atoms with Gasteiger partial charge in [0.05, 0.1) is 0 Å². The largest absolute Gasteiger partial charge is 0.0984 e. The van der Waals surface area contributed by atoms with Crippen molar-refractivity contribution in [2.75, 3.05) is 0 Å². The maximum atomic E-state index is 3.88. The summed E-state index contributed by atoms with van der Waals surface area (Å²) in [7, 11) is 0. The third-order valence-electron chi connectivity index (χ3n) is 2.37. The van der Waals surface area contributed by atoms with Crippen LogP contribution in [-0.2, 0) is 0 Å². The highest BCUT2D eigenvalue weighted by molar-refractivity contribution is 5.75. The van der Waals surface area contributed by atoms with E-state index in [1.165, 1.54) is 27.8 Å². The minimum Gasteiger partial charge on any atom is -0.0984 e. The Morgan fingerprint density at radius 2 is 1.56 bits per heavy atom. The Bertz CT molecular complexity index is 421. The van der Waals surface area contributed by atoms with Crippen LogP contribution < -0.4 is 0 Å². The Morgan fingerprint density at radius 3 is 2.00 bits per heavy atom. The summed E-state index contributed by atoms with van der Waals surface area (Å²) in [5.74, 6) is 0. The van der Waals surface area contributed by atoms with Gasteiger partial charge in [0.15, 0.2) is 0 Å². The van der Waals surface area contributed by atoms with Gasteiger partial charge in [-0.15, -0.1) is 0 Å². The molecule has 0 aliphatic carbocycles. The molecule has 0 bridgehead atoms. The van der Waals surface area contributed by atoms with Gasteiger partial charge in [0.25, 0.3) is 0 Å². The van der Waals surface area contributed by atoms with Crippen molar-refractivity contribution in [2.45, 2.75) is 27.7 Å². The molecular formula is C16H20. The Labute approximate surface area is 99.0 Å². The molecule has 0 saturated carbocycles. The van der Waals surface area contributed by atoms with Crippen LogP contribution in [0.4, 0.5) is 0 Å². The van der Waals surface area contributed by atoms with Crippen molar-refractivity contribution in [3.05, 3.63) is 65.3 Å². The van der Waals surface area contributed by atoms with Crippen LogP contribution in [0.3, 0.4) is 0 Å². The Balaban J connectivity index is 3.18. The van der Waals surface area contributed by atoms with E-state index in [4.69, 9.17) is 0 Å². The fourth-order valence-electron chi connectivity index (χ4n) is 1.68. The molecule has 0 saturated heterocycles. The molecule has 0 heteroatoms. The van der Waals surface area contributed by atoms with Crippen LogP contribution in [0.5, 0.6) is 0 Å². The molecule has 16 heavy (non-hydrogen) atoms. The summed E-state index contributed by atoms with van der Waals surface area (Å²) < 4.78 is 0. The van der Waals surface area contributed by atoms with E-state index >= 15 is 0 Å². The van der Waals surface area contributed by atoms with Crippen molar-refractivity contribution in [3.8, 4) is 0 Å². The van der Waals surface area contributed by atoms with Gasteiger partial charge >= 0.3 is 0 Å². The van der Waals surface area contributed by atoms with Gasteiger partial charge in [-0.1, -0.05) is 59.7 Å². The van der Waals surface area contributed by atoms with Crippen LogP contribution in [0, 0.1) is 13.8 Å². The third-order valence-corrected chi connectivity index (χ3v) is 2.37. The van der Waals surface area contributed by atoms with E-state index in [-0.39, 0.29) is 0 Å². The van der Waals surface area contributed by atoms with Crippen LogP contribution >= 0.6 is 0 Å². The van der Waals surface area contributed by atoms with E-state index < -0.39 is 0 Å². The van der Waals surface area contributed by atoms with Crippen molar-refractivity contribution < 1.29 is 0 Å². The second-order valence-corrected chi connectivity index (χ2v) is 4.45. The zero-order chi connectivity index (χ0) is 12.1. The van der Waals surface area contributed by atoms with E-state index in [0.717, 1.165) is 0 Å². The first-order chi connectivity index (χ1) is 7.52. The predicted octanol–water partition coefficient (Wildman–Crippen LogP) is 4.84. The van der Waals surface area contributed by atoms with Crippen LogP contribution in [0.1, 0.15) is 30.5 Å². The van der Waals surface area contributed by atoms with Crippen molar-refractivity contribution in [3.63, 3.8) is 0 Å². The maximum absolute atomic E-state index is 3.88. The standard InChI is InChI=1S/C16H20/c1-6-15(8-7-12(2)3)16-10-13(4)9-14(5)11-16/h6-11H,1H2,2-5H3/b15-8+. The van der Waals surface area contributed by atoms with Crippen molar-refractivity contribution in [1.82, 2.24) is 0 Å². The number of benzene rings is 1. The normalized spacial score (nSPS) is 11.1. The third kappa shape index (κ3) is 3.54. The lowest BCUT2D eigenvalue weighted by Gasteiger charge is -2.05. The summed E-state index contributed by atoms with van der Waals surface area (Å²) in [6.45, 7) is 12.3. The first-order valence-corrected chi connectivity index (χ1v) is 5.59. The molecule has 0 atom stereocenters. The molecule has 0 radical (unpaired) electrons. The zero-order valence-corrected chi connectivity index (χ0v) is 10.7.